The molecule has 0 aliphatic rings. The smallest absolute Gasteiger partial charge is 0.340 e. The van der Waals surface area contributed by atoms with Crippen LogP contribution in [0.4, 0.5) is 5.69 Å². The first-order valence-electron chi connectivity index (χ1n) is 6.23. The van der Waals surface area contributed by atoms with Crippen LogP contribution in [0.2, 0.25) is 0 Å². The van der Waals surface area contributed by atoms with Gasteiger partial charge in [-0.3, -0.25) is 4.79 Å². The third-order valence-electron chi connectivity index (χ3n) is 2.98. The third kappa shape index (κ3) is 3.88. The number of amides is 1. The maximum atomic E-state index is 11.9. The number of carbonyl (C=O) groups is 2. The molecule has 110 valence electrons. The number of hydrogen-bond acceptors (Lipinski definition) is 5. The molecule has 0 radical (unpaired) electrons. The molecule has 1 amide bonds. The first kappa shape index (κ1) is 15.8. The number of nitrogen functional groups attached to an aromatic ring is 1. The van der Waals surface area contributed by atoms with Crippen molar-refractivity contribution in [1.82, 2.24) is 4.90 Å². The van der Waals surface area contributed by atoms with Gasteiger partial charge in [-0.15, -0.1) is 0 Å². The summed E-state index contributed by atoms with van der Waals surface area (Å²) in [6.07, 6.45) is 0. The van der Waals surface area contributed by atoms with Crippen LogP contribution >= 0.6 is 0 Å². The maximum absolute atomic E-state index is 11.9. The van der Waals surface area contributed by atoms with Crippen LogP contribution in [0.3, 0.4) is 0 Å². The molecule has 0 spiro atoms. The number of ether oxygens (including phenoxy) is 2. The Balaban J connectivity index is 2.70. The van der Waals surface area contributed by atoms with E-state index in [1.807, 2.05) is 13.8 Å². The zero-order valence-electron chi connectivity index (χ0n) is 12.2. The molecule has 0 unspecified atom stereocenters. The van der Waals surface area contributed by atoms with E-state index in [1.165, 1.54) is 18.1 Å². The predicted molar refractivity (Wildman–Crippen MR) is 75.6 cm³/mol. The summed E-state index contributed by atoms with van der Waals surface area (Å²) in [4.78, 5) is 25.1. The molecule has 1 rings (SSSR count). The number of carbonyl (C=O) groups excluding carboxylic acids is 2. The fraction of sp³-hybridized carbons (Fsp3) is 0.429. The van der Waals surface area contributed by atoms with Crippen molar-refractivity contribution in [3.8, 4) is 5.75 Å². The molecule has 0 saturated carbocycles. The van der Waals surface area contributed by atoms with E-state index in [0.29, 0.717) is 5.75 Å². The summed E-state index contributed by atoms with van der Waals surface area (Å²) in [7, 11) is 3.14. The topological polar surface area (TPSA) is 81.9 Å². The number of esters is 1. The lowest BCUT2D eigenvalue weighted by Crippen LogP contribution is -2.36. The maximum Gasteiger partial charge on any atom is 0.340 e. The van der Waals surface area contributed by atoms with Crippen LogP contribution in [0.25, 0.3) is 0 Å². The molecule has 0 aliphatic carbocycles. The molecule has 1 aromatic carbocycles. The molecule has 0 aliphatic heterocycles. The van der Waals surface area contributed by atoms with Gasteiger partial charge in [0.25, 0.3) is 5.91 Å². The fourth-order valence-corrected chi connectivity index (χ4v) is 1.43. The minimum Gasteiger partial charge on any atom is -0.497 e. The molecule has 0 bridgehead atoms. The van der Waals surface area contributed by atoms with Crippen LogP contribution < -0.4 is 10.5 Å². The van der Waals surface area contributed by atoms with Crippen LogP contribution in [0.1, 0.15) is 24.2 Å². The third-order valence-corrected chi connectivity index (χ3v) is 2.98. The molecule has 6 nitrogen and oxygen atoms in total. The largest absolute Gasteiger partial charge is 0.497 e. The van der Waals surface area contributed by atoms with Gasteiger partial charge >= 0.3 is 5.97 Å². The summed E-state index contributed by atoms with van der Waals surface area (Å²) in [5, 5.41) is 0. The van der Waals surface area contributed by atoms with Gasteiger partial charge in [-0.25, -0.2) is 4.79 Å². The van der Waals surface area contributed by atoms with E-state index in [2.05, 4.69) is 0 Å². The molecule has 0 saturated heterocycles. The van der Waals surface area contributed by atoms with Gasteiger partial charge in [-0.1, -0.05) is 0 Å². The van der Waals surface area contributed by atoms with E-state index in [0.717, 1.165) is 0 Å². The van der Waals surface area contributed by atoms with E-state index < -0.39 is 5.97 Å². The number of nitrogens with zero attached hydrogens (tertiary/aromatic N) is 1. The van der Waals surface area contributed by atoms with Crippen LogP contribution in [0.15, 0.2) is 18.2 Å². The molecule has 2 N–H and O–H groups in total. The number of likely N-dealkylation sites (N-methyl/N-ethyl adjacent to an activating group) is 1. The van der Waals surface area contributed by atoms with Gasteiger partial charge < -0.3 is 20.1 Å². The van der Waals surface area contributed by atoms with Crippen molar-refractivity contribution in [2.24, 2.45) is 0 Å². The van der Waals surface area contributed by atoms with Gasteiger partial charge in [0, 0.05) is 18.8 Å². The highest BCUT2D eigenvalue weighted by Gasteiger charge is 2.17. The number of nitrogens with two attached hydrogens (primary N) is 1. The van der Waals surface area contributed by atoms with Crippen molar-refractivity contribution in [1.29, 1.82) is 0 Å². The second-order valence-corrected chi connectivity index (χ2v) is 4.63. The number of benzene rings is 1. The Labute approximate surface area is 118 Å². The number of rotatable bonds is 5. The van der Waals surface area contributed by atoms with E-state index in [-0.39, 0.29) is 29.8 Å². The van der Waals surface area contributed by atoms with Gasteiger partial charge in [-0.05, 0) is 32.0 Å². The Morgan fingerprint density at radius 1 is 1.35 bits per heavy atom. The quantitative estimate of drug-likeness (QED) is 0.649. The second-order valence-electron chi connectivity index (χ2n) is 4.63. The molecular formula is C14H20N2O4. The summed E-state index contributed by atoms with van der Waals surface area (Å²) in [5.41, 5.74) is 6.17. The summed E-state index contributed by atoms with van der Waals surface area (Å²) >= 11 is 0. The average molecular weight is 280 g/mol. The second kappa shape index (κ2) is 6.79. The van der Waals surface area contributed by atoms with Crippen molar-refractivity contribution in [3.05, 3.63) is 23.8 Å². The Morgan fingerprint density at radius 3 is 2.55 bits per heavy atom. The first-order valence-corrected chi connectivity index (χ1v) is 6.23. The van der Waals surface area contributed by atoms with Crippen LogP contribution in [-0.4, -0.2) is 43.6 Å². The predicted octanol–water partition coefficient (Wildman–Crippen LogP) is 1.30. The van der Waals surface area contributed by atoms with E-state index in [1.54, 1.807) is 19.2 Å². The molecule has 20 heavy (non-hydrogen) atoms. The SMILES string of the molecule is COc1ccc(N)c(C(=O)OCC(=O)N(C)C(C)C)c1. The lowest BCUT2D eigenvalue weighted by molar-refractivity contribution is -0.134. The normalized spacial score (nSPS) is 10.2. The Hall–Kier alpha value is -2.24. The van der Waals surface area contributed by atoms with Crippen molar-refractivity contribution in [3.63, 3.8) is 0 Å². The minimum absolute atomic E-state index is 0.0445. The zero-order chi connectivity index (χ0) is 15.3. The highest BCUT2D eigenvalue weighted by molar-refractivity contribution is 5.96. The number of methoxy groups -OCH3 is 1. The lowest BCUT2D eigenvalue weighted by Gasteiger charge is -2.21. The fourth-order valence-electron chi connectivity index (χ4n) is 1.43. The summed E-state index contributed by atoms with van der Waals surface area (Å²) in [6.45, 7) is 3.43. The molecule has 0 atom stereocenters. The van der Waals surface area contributed by atoms with Crippen LogP contribution in [0, 0.1) is 0 Å². The first-order chi connectivity index (χ1) is 9.36. The van der Waals surface area contributed by atoms with Crippen molar-refractivity contribution in [2.45, 2.75) is 19.9 Å². The van der Waals surface area contributed by atoms with Gasteiger partial charge in [0.15, 0.2) is 6.61 Å². The lowest BCUT2D eigenvalue weighted by atomic mass is 10.2. The van der Waals surface area contributed by atoms with E-state index >= 15 is 0 Å². The van der Waals surface area contributed by atoms with Crippen LogP contribution in [-0.2, 0) is 9.53 Å². The molecule has 0 fully saturated rings. The molecule has 1 aromatic rings. The summed E-state index contributed by atoms with van der Waals surface area (Å²) < 4.78 is 9.99. The summed E-state index contributed by atoms with van der Waals surface area (Å²) in [5.74, 6) is -0.418. The highest BCUT2D eigenvalue weighted by atomic mass is 16.5. The molecular weight excluding hydrogens is 260 g/mol. The number of hydrogen-bond donors (Lipinski definition) is 1. The number of anilines is 1. The summed E-state index contributed by atoms with van der Waals surface area (Å²) in [6, 6.07) is 4.72. The van der Waals surface area contributed by atoms with Crippen molar-refractivity contribution < 1.29 is 19.1 Å². The Morgan fingerprint density at radius 2 is 2.00 bits per heavy atom. The van der Waals surface area contributed by atoms with E-state index in [9.17, 15) is 9.59 Å². The van der Waals surface area contributed by atoms with Crippen molar-refractivity contribution in [2.75, 3.05) is 26.5 Å². The van der Waals surface area contributed by atoms with E-state index in [4.69, 9.17) is 15.2 Å². The average Bonchev–Trinajstić information content (AvgIpc) is 2.43. The molecule has 0 heterocycles. The Bertz CT molecular complexity index is 500. The van der Waals surface area contributed by atoms with Gasteiger partial charge in [0.05, 0.1) is 12.7 Å². The molecule has 0 aromatic heterocycles. The monoisotopic (exact) mass is 280 g/mol. The minimum atomic E-state index is -0.646. The van der Waals surface area contributed by atoms with Gasteiger partial charge in [-0.2, -0.15) is 0 Å². The van der Waals surface area contributed by atoms with Crippen molar-refractivity contribution >= 4 is 17.6 Å². The zero-order valence-corrected chi connectivity index (χ0v) is 12.2. The highest BCUT2D eigenvalue weighted by Crippen LogP contribution is 2.20. The van der Waals surface area contributed by atoms with Gasteiger partial charge in [0.2, 0.25) is 0 Å². The molecule has 6 heteroatoms. The Kier molecular flexibility index (Phi) is 5.37. The standard InChI is InChI=1S/C14H20N2O4/c1-9(2)16(3)13(17)8-20-14(18)11-7-10(19-4)5-6-12(11)15/h5-7,9H,8,15H2,1-4H3. The van der Waals surface area contributed by atoms with Crippen LogP contribution in [0.5, 0.6) is 5.75 Å². The van der Waals surface area contributed by atoms with Gasteiger partial charge in [0.1, 0.15) is 5.75 Å².